The number of hydrogen-bond acceptors (Lipinski definition) is 7. The van der Waals surface area contributed by atoms with Gasteiger partial charge in [-0.2, -0.15) is 0 Å². The van der Waals surface area contributed by atoms with Crippen molar-refractivity contribution in [2.24, 2.45) is 0 Å². The SMILES string of the molecule is CCCCCOc1cc(N2CCCN(Cc3ccnc4c3ccn4CCN3CCN(CCO)CC3)C2=O)ccc1OC. The number of fused-ring (bicyclic) bond motifs is 1. The Morgan fingerprint density at radius 3 is 2.50 bits per heavy atom. The van der Waals surface area contributed by atoms with Crippen LogP contribution >= 0.6 is 0 Å². The van der Waals surface area contributed by atoms with Crippen LogP contribution in [-0.4, -0.2) is 108 Å². The van der Waals surface area contributed by atoms with Gasteiger partial charge >= 0.3 is 6.03 Å². The van der Waals surface area contributed by atoms with E-state index in [0.29, 0.717) is 31.2 Å². The minimum Gasteiger partial charge on any atom is -0.493 e. The summed E-state index contributed by atoms with van der Waals surface area (Å²) in [7, 11) is 1.64. The summed E-state index contributed by atoms with van der Waals surface area (Å²) < 4.78 is 13.8. The molecule has 2 amide bonds. The van der Waals surface area contributed by atoms with Crippen LogP contribution in [0.1, 0.15) is 38.2 Å². The molecule has 228 valence electrons. The predicted molar refractivity (Wildman–Crippen MR) is 165 cm³/mol. The number of aliphatic hydroxyl groups excluding tert-OH is 1. The van der Waals surface area contributed by atoms with Crippen LogP contribution in [0, 0.1) is 0 Å². The second-order valence-electron chi connectivity index (χ2n) is 11.2. The number of nitrogens with zero attached hydrogens (tertiary/aromatic N) is 6. The number of methoxy groups -OCH3 is 1. The molecule has 2 aromatic heterocycles. The molecule has 1 N–H and O–H groups in total. The van der Waals surface area contributed by atoms with E-state index in [1.54, 1.807) is 7.11 Å². The number of urea groups is 1. The van der Waals surface area contributed by atoms with Crippen LogP contribution in [-0.2, 0) is 13.1 Å². The Morgan fingerprint density at radius 2 is 1.74 bits per heavy atom. The third-order valence-electron chi connectivity index (χ3n) is 8.43. The lowest BCUT2D eigenvalue weighted by Crippen LogP contribution is -2.49. The monoisotopic (exact) mass is 578 g/mol. The van der Waals surface area contributed by atoms with Gasteiger partial charge in [-0.3, -0.25) is 14.7 Å². The molecule has 0 bridgehead atoms. The van der Waals surface area contributed by atoms with Gasteiger partial charge in [-0.15, -0.1) is 0 Å². The Hall–Kier alpha value is -3.34. The summed E-state index contributed by atoms with van der Waals surface area (Å²) in [5, 5.41) is 10.3. The Morgan fingerprint density at radius 1 is 0.929 bits per heavy atom. The van der Waals surface area contributed by atoms with Crippen molar-refractivity contribution in [3.05, 3.63) is 48.3 Å². The zero-order valence-corrected chi connectivity index (χ0v) is 25.2. The van der Waals surface area contributed by atoms with Gasteiger partial charge < -0.3 is 24.0 Å². The van der Waals surface area contributed by atoms with Crippen LogP contribution in [0.2, 0.25) is 0 Å². The fourth-order valence-electron chi connectivity index (χ4n) is 5.95. The van der Waals surface area contributed by atoms with Crippen molar-refractivity contribution in [3.63, 3.8) is 0 Å². The number of amides is 2. The first-order valence-electron chi connectivity index (χ1n) is 15.5. The molecular weight excluding hydrogens is 532 g/mol. The third-order valence-corrected chi connectivity index (χ3v) is 8.43. The highest BCUT2D eigenvalue weighted by Gasteiger charge is 2.28. The van der Waals surface area contributed by atoms with Gasteiger partial charge in [0.05, 0.1) is 20.3 Å². The summed E-state index contributed by atoms with van der Waals surface area (Å²) in [5.74, 6) is 1.37. The summed E-state index contributed by atoms with van der Waals surface area (Å²) in [6.07, 6.45) is 8.12. The van der Waals surface area contributed by atoms with Gasteiger partial charge in [0.25, 0.3) is 0 Å². The first-order valence-corrected chi connectivity index (χ1v) is 15.5. The van der Waals surface area contributed by atoms with Crippen LogP contribution in [0.25, 0.3) is 11.0 Å². The quantitative estimate of drug-likeness (QED) is 0.289. The minimum atomic E-state index is 0.00749. The molecule has 2 saturated heterocycles. The molecule has 1 aromatic carbocycles. The topological polar surface area (TPSA) is 86.5 Å². The maximum absolute atomic E-state index is 13.7. The maximum atomic E-state index is 13.7. The second kappa shape index (κ2) is 14.7. The number of carbonyl (C=O) groups excluding carboxylic acids is 1. The molecule has 2 aliphatic heterocycles. The number of unbranched alkanes of at least 4 members (excludes halogenated alkanes) is 2. The van der Waals surface area contributed by atoms with Crippen LogP contribution in [0.3, 0.4) is 0 Å². The molecule has 0 atom stereocenters. The smallest absolute Gasteiger partial charge is 0.324 e. The number of ether oxygens (including phenoxy) is 2. The van der Waals surface area contributed by atoms with E-state index in [4.69, 9.17) is 14.5 Å². The molecule has 10 nitrogen and oxygen atoms in total. The van der Waals surface area contributed by atoms with E-state index in [1.807, 2.05) is 40.3 Å². The maximum Gasteiger partial charge on any atom is 0.324 e. The predicted octanol–water partition coefficient (Wildman–Crippen LogP) is 4.06. The summed E-state index contributed by atoms with van der Waals surface area (Å²) in [5.41, 5.74) is 2.91. The van der Waals surface area contributed by atoms with Crippen LogP contribution in [0.5, 0.6) is 11.5 Å². The van der Waals surface area contributed by atoms with Crippen LogP contribution in [0.15, 0.2) is 42.7 Å². The third kappa shape index (κ3) is 7.17. The fraction of sp³-hybridized carbons (Fsp3) is 0.562. The zero-order valence-electron chi connectivity index (χ0n) is 25.2. The average Bonchev–Trinajstić information content (AvgIpc) is 3.44. The van der Waals surface area contributed by atoms with Crippen molar-refractivity contribution in [2.75, 3.05) is 77.6 Å². The van der Waals surface area contributed by atoms with E-state index in [0.717, 1.165) is 100 Å². The van der Waals surface area contributed by atoms with Crippen LogP contribution in [0.4, 0.5) is 10.5 Å². The van der Waals surface area contributed by atoms with E-state index in [1.165, 1.54) is 0 Å². The average molecular weight is 579 g/mol. The Bertz CT molecular complexity index is 1310. The molecule has 4 heterocycles. The van der Waals surface area contributed by atoms with Crippen molar-refractivity contribution in [2.45, 2.75) is 45.7 Å². The van der Waals surface area contributed by atoms with Gasteiger partial charge in [-0.05, 0) is 42.7 Å². The highest BCUT2D eigenvalue weighted by atomic mass is 16.5. The lowest BCUT2D eigenvalue weighted by Gasteiger charge is -2.36. The molecule has 0 unspecified atom stereocenters. The van der Waals surface area contributed by atoms with Gasteiger partial charge in [-0.1, -0.05) is 19.8 Å². The number of rotatable bonds is 14. The first kappa shape index (κ1) is 30.1. The fourth-order valence-corrected chi connectivity index (χ4v) is 5.95. The standard InChI is InChI=1S/C32H46N6O4/c1-3-4-5-23-42-30-24-27(7-8-29(30)41-2)38-13-6-12-37(32(38)40)25-26-9-11-33-31-28(26)10-14-36(31)20-19-34-15-17-35(18-16-34)21-22-39/h7-11,14,24,39H,3-6,12-13,15-23,25H2,1-2H3. The number of β-amino-alcohol motifs (C(OH)–C–C–N with tert-alkyl or cyclic N) is 1. The molecular formula is C32H46N6O4. The molecule has 42 heavy (non-hydrogen) atoms. The first-order chi connectivity index (χ1) is 20.6. The van der Waals surface area contributed by atoms with Crippen LogP contribution < -0.4 is 14.4 Å². The molecule has 0 spiro atoms. The van der Waals surface area contributed by atoms with Crippen molar-refractivity contribution < 1.29 is 19.4 Å². The number of anilines is 1. The largest absolute Gasteiger partial charge is 0.493 e. The lowest BCUT2D eigenvalue weighted by molar-refractivity contribution is 0.110. The molecule has 2 aliphatic rings. The highest BCUT2D eigenvalue weighted by Crippen LogP contribution is 2.33. The normalized spacial score (nSPS) is 16.9. The molecule has 5 rings (SSSR count). The van der Waals surface area contributed by atoms with E-state index in [9.17, 15) is 9.90 Å². The van der Waals surface area contributed by atoms with Crippen molar-refractivity contribution in [1.82, 2.24) is 24.3 Å². The molecule has 0 radical (unpaired) electrons. The zero-order chi connectivity index (χ0) is 29.3. The Kier molecular flexibility index (Phi) is 10.6. The van der Waals surface area contributed by atoms with Crippen molar-refractivity contribution >= 4 is 22.8 Å². The molecule has 0 saturated carbocycles. The van der Waals surface area contributed by atoms with E-state index in [-0.39, 0.29) is 12.6 Å². The second-order valence-corrected chi connectivity index (χ2v) is 11.2. The van der Waals surface area contributed by atoms with Crippen molar-refractivity contribution in [1.29, 1.82) is 0 Å². The number of piperazine rings is 1. The molecule has 10 heteroatoms. The van der Waals surface area contributed by atoms with E-state index < -0.39 is 0 Å². The van der Waals surface area contributed by atoms with Gasteiger partial charge in [0, 0.05) is 95.0 Å². The van der Waals surface area contributed by atoms with Gasteiger partial charge in [0.2, 0.25) is 0 Å². The highest BCUT2D eigenvalue weighted by molar-refractivity contribution is 5.93. The van der Waals surface area contributed by atoms with Gasteiger partial charge in [-0.25, -0.2) is 9.78 Å². The number of hydrogen-bond donors (Lipinski definition) is 1. The number of aliphatic hydroxyl groups is 1. The number of benzene rings is 1. The van der Waals surface area contributed by atoms with Crippen molar-refractivity contribution in [3.8, 4) is 11.5 Å². The van der Waals surface area contributed by atoms with E-state index >= 15 is 0 Å². The van der Waals surface area contributed by atoms with Gasteiger partial charge in [0.15, 0.2) is 11.5 Å². The Balaban J connectivity index is 1.23. The Labute approximate surface area is 249 Å². The van der Waals surface area contributed by atoms with E-state index in [2.05, 4.69) is 33.6 Å². The molecule has 3 aromatic rings. The summed E-state index contributed by atoms with van der Waals surface area (Å²) in [4.78, 5) is 27.0. The number of pyridine rings is 1. The molecule has 0 aliphatic carbocycles. The summed E-state index contributed by atoms with van der Waals surface area (Å²) >= 11 is 0. The number of aromatic nitrogens is 2. The van der Waals surface area contributed by atoms with Gasteiger partial charge in [0.1, 0.15) is 5.65 Å². The number of carbonyl (C=O) groups is 1. The summed E-state index contributed by atoms with van der Waals surface area (Å²) in [6, 6.07) is 9.94. The minimum absolute atomic E-state index is 0.00749. The summed E-state index contributed by atoms with van der Waals surface area (Å²) in [6.45, 7) is 11.6. The lowest BCUT2D eigenvalue weighted by atomic mass is 10.1. The molecule has 2 fully saturated rings.